The van der Waals surface area contributed by atoms with E-state index in [1.54, 1.807) is 0 Å². The molecule has 2 aliphatic rings. The summed E-state index contributed by atoms with van der Waals surface area (Å²) in [5.74, 6) is 0.887. The van der Waals surface area contributed by atoms with Gasteiger partial charge in [-0.15, -0.1) is 0 Å². The van der Waals surface area contributed by atoms with Crippen molar-refractivity contribution in [2.45, 2.75) is 57.6 Å². The minimum atomic E-state index is 0.272. The number of likely N-dealkylation sites (tertiary alicyclic amines) is 1. The van der Waals surface area contributed by atoms with Crippen LogP contribution in [0, 0.1) is 5.92 Å². The minimum Gasteiger partial charge on any atom is -0.378 e. The van der Waals surface area contributed by atoms with Crippen LogP contribution >= 0.6 is 0 Å². The van der Waals surface area contributed by atoms with Crippen molar-refractivity contribution in [3.63, 3.8) is 0 Å². The number of ether oxygens (including phenoxy) is 1. The fraction of sp³-hybridized carbons (Fsp3) is 1.00. The van der Waals surface area contributed by atoms with Gasteiger partial charge in [-0.05, 0) is 45.1 Å². The Balaban J connectivity index is 1.90. The van der Waals surface area contributed by atoms with Gasteiger partial charge in [0.05, 0.1) is 6.10 Å². The molecular formula is C14H28N2O. The van der Waals surface area contributed by atoms with Crippen molar-refractivity contribution in [3.05, 3.63) is 0 Å². The van der Waals surface area contributed by atoms with Crippen molar-refractivity contribution in [2.75, 3.05) is 26.2 Å². The molecule has 1 heterocycles. The van der Waals surface area contributed by atoms with Gasteiger partial charge in [0.25, 0.3) is 0 Å². The molecule has 1 aliphatic carbocycles. The summed E-state index contributed by atoms with van der Waals surface area (Å²) in [6.07, 6.45) is 6.82. The highest BCUT2D eigenvalue weighted by Crippen LogP contribution is 2.41. The molecule has 1 aliphatic heterocycles. The van der Waals surface area contributed by atoms with Crippen molar-refractivity contribution in [1.29, 1.82) is 0 Å². The maximum Gasteiger partial charge on any atom is 0.0611 e. The van der Waals surface area contributed by atoms with Crippen LogP contribution in [0.4, 0.5) is 0 Å². The van der Waals surface area contributed by atoms with Crippen LogP contribution in [0.2, 0.25) is 0 Å². The van der Waals surface area contributed by atoms with Gasteiger partial charge in [-0.3, -0.25) is 4.90 Å². The quantitative estimate of drug-likeness (QED) is 0.799. The molecule has 0 radical (unpaired) electrons. The van der Waals surface area contributed by atoms with Crippen molar-refractivity contribution < 1.29 is 4.74 Å². The molecule has 1 unspecified atom stereocenters. The summed E-state index contributed by atoms with van der Waals surface area (Å²) in [7, 11) is 0. The predicted molar refractivity (Wildman–Crippen MR) is 71.0 cm³/mol. The second-order valence-corrected chi connectivity index (χ2v) is 5.78. The monoisotopic (exact) mass is 240 g/mol. The van der Waals surface area contributed by atoms with Crippen LogP contribution in [0.1, 0.15) is 46.0 Å². The van der Waals surface area contributed by atoms with Gasteiger partial charge < -0.3 is 10.5 Å². The Kier molecular flexibility index (Phi) is 4.45. The maximum absolute atomic E-state index is 6.05. The summed E-state index contributed by atoms with van der Waals surface area (Å²) in [6, 6.07) is 0. The zero-order valence-corrected chi connectivity index (χ0v) is 11.5. The molecule has 1 saturated carbocycles. The lowest BCUT2D eigenvalue weighted by molar-refractivity contribution is -0.110. The normalized spacial score (nSPS) is 39.0. The van der Waals surface area contributed by atoms with Crippen LogP contribution in [0.15, 0.2) is 0 Å². The van der Waals surface area contributed by atoms with E-state index in [9.17, 15) is 0 Å². The van der Waals surface area contributed by atoms with E-state index in [-0.39, 0.29) is 5.54 Å². The van der Waals surface area contributed by atoms with Crippen LogP contribution in [-0.4, -0.2) is 42.8 Å². The van der Waals surface area contributed by atoms with E-state index < -0.39 is 0 Å². The molecule has 0 aromatic carbocycles. The largest absolute Gasteiger partial charge is 0.378 e. The van der Waals surface area contributed by atoms with Gasteiger partial charge in [-0.1, -0.05) is 13.3 Å². The first-order chi connectivity index (χ1) is 8.24. The number of piperidine rings is 1. The SMILES string of the molecule is CCOC1CC(CN)(N2CCCC(CC)C2)C1. The van der Waals surface area contributed by atoms with Gasteiger partial charge in [-0.25, -0.2) is 0 Å². The van der Waals surface area contributed by atoms with Crippen LogP contribution in [0.5, 0.6) is 0 Å². The number of rotatable bonds is 5. The summed E-state index contributed by atoms with van der Waals surface area (Å²) >= 11 is 0. The highest BCUT2D eigenvalue weighted by molar-refractivity contribution is 5.05. The van der Waals surface area contributed by atoms with Gasteiger partial charge in [0.2, 0.25) is 0 Å². The third-order valence-electron chi connectivity index (χ3n) is 4.76. The lowest BCUT2D eigenvalue weighted by Crippen LogP contribution is -2.65. The van der Waals surface area contributed by atoms with Crippen LogP contribution in [0.3, 0.4) is 0 Å². The third-order valence-corrected chi connectivity index (χ3v) is 4.76. The molecule has 0 aromatic heterocycles. The van der Waals surface area contributed by atoms with Crippen LogP contribution in [-0.2, 0) is 4.74 Å². The van der Waals surface area contributed by atoms with E-state index in [1.807, 2.05) is 0 Å². The number of hydrogen-bond donors (Lipinski definition) is 1. The van der Waals surface area contributed by atoms with E-state index >= 15 is 0 Å². The highest BCUT2D eigenvalue weighted by Gasteiger charge is 2.48. The van der Waals surface area contributed by atoms with Gasteiger partial charge in [-0.2, -0.15) is 0 Å². The van der Waals surface area contributed by atoms with Crippen molar-refractivity contribution in [1.82, 2.24) is 4.90 Å². The Morgan fingerprint density at radius 3 is 2.71 bits per heavy atom. The van der Waals surface area contributed by atoms with Gasteiger partial charge >= 0.3 is 0 Å². The van der Waals surface area contributed by atoms with E-state index in [2.05, 4.69) is 18.7 Å². The molecule has 3 nitrogen and oxygen atoms in total. The Labute approximate surface area is 106 Å². The zero-order chi connectivity index (χ0) is 12.3. The lowest BCUT2D eigenvalue weighted by Gasteiger charge is -2.55. The van der Waals surface area contributed by atoms with Gasteiger partial charge in [0, 0.05) is 25.2 Å². The molecule has 2 rings (SSSR count). The molecule has 2 fully saturated rings. The molecule has 0 amide bonds. The topological polar surface area (TPSA) is 38.5 Å². The molecule has 0 spiro atoms. The van der Waals surface area contributed by atoms with E-state index in [1.165, 1.54) is 32.4 Å². The average molecular weight is 240 g/mol. The first-order valence-electron chi connectivity index (χ1n) is 7.30. The Bertz CT molecular complexity index is 238. The Hall–Kier alpha value is -0.120. The van der Waals surface area contributed by atoms with Gasteiger partial charge in [0.15, 0.2) is 0 Å². The summed E-state index contributed by atoms with van der Waals surface area (Å²) in [5, 5.41) is 0. The molecule has 3 heteroatoms. The first-order valence-corrected chi connectivity index (χ1v) is 7.30. The number of nitrogens with zero attached hydrogens (tertiary/aromatic N) is 1. The van der Waals surface area contributed by atoms with Crippen LogP contribution < -0.4 is 5.73 Å². The third kappa shape index (κ3) is 2.67. The van der Waals surface area contributed by atoms with E-state index in [0.29, 0.717) is 6.10 Å². The standard InChI is InChI=1S/C14H28N2O/c1-3-12-6-5-7-16(10-12)14(11-15)8-13(9-14)17-4-2/h12-13H,3-11,15H2,1-2H3. The van der Waals surface area contributed by atoms with Crippen molar-refractivity contribution in [3.8, 4) is 0 Å². The second-order valence-electron chi connectivity index (χ2n) is 5.78. The lowest BCUT2D eigenvalue weighted by atomic mass is 9.71. The molecule has 100 valence electrons. The Morgan fingerprint density at radius 1 is 1.35 bits per heavy atom. The molecule has 0 bridgehead atoms. The summed E-state index contributed by atoms with van der Waals surface area (Å²) in [4.78, 5) is 2.67. The summed E-state index contributed by atoms with van der Waals surface area (Å²) < 4.78 is 5.70. The Morgan fingerprint density at radius 2 is 2.12 bits per heavy atom. The van der Waals surface area contributed by atoms with Crippen LogP contribution in [0.25, 0.3) is 0 Å². The smallest absolute Gasteiger partial charge is 0.0611 e. The second kappa shape index (κ2) is 5.68. The molecular weight excluding hydrogens is 212 g/mol. The molecule has 1 saturated heterocycles. The van der Waals surface area contributed by atoms with Gasteiger partial charge in [0.1, 0.15) is 0 Å². The number of hydrogen-bond acceptors (Lipinski definition) is 3. The number of nitrogens with two attached hydrogens (primary N) is 1. The van der Waals surface area contributed by atoms with E-state index in [0.717, 1.165) is 31.9 Å². The summed E-state index contributed by atoms with van der Waals surface area (Å²) in [6.45, 7) is 8.53. The first kappa shape index (κ1) is 13.3. The minimum absolute atomic E-state index is 0.272. The van der Waals surface area contributed by atoms with Crippen molar-refractivity contribution >= 4 is 0 Å². The van der Waals surface area contributed by atoms with E-state index in [4.69, 9.17) is 10.5 Å². The average Bonchev–Trinajstić information content (AvgIpc) is 2.33. The molecule has 1 atom stereocenters. The predicted octanol–water partition coefficient (Wildman–Crippen LogP) is 2.00. The molecule has 17 heavy (non-hydrogen) atoms. The molecule has 0 aromatic rings. The summed E-state index contributed by atoms with van der Waals surface area (Å²) in [5.41, 5.74) is 6.32. The molecule has 2 N–H and O–H groups in total. The zero-order valence-electron chi connectivity index (χ0n) is 11.5. The fourth-order valence-corrected chi connectivity index (χ4v) is 3.52. The maximum atomic E-state index is 6.05. The highest BCUT2D eigenvalue weighted by atomic mass is 16.5. The van der Waals surface area contributed by atoms with Crippen molar-refractivity contribution in [2.24, 2.45) is 11.7 Å². The fourth-order valence-electron chi connectivity index (χ4n) is 3.52.